The molecule has 0 saturated heterocycles. The summed E-state index contributed by atoms with van der Waals surface area (Å²) in [5.74, 6) is 0. The molecule has 4 aromatic rings. The van der Waals surface area contributed by atoms with Crippen molar-refractivity contribution in [1.29, 1.82) is 5.26 Å². The molecule has 1 aromatic heterocycles. The number of rotatable bonds is 3. The van der Waals surface area contributed by atoms with E-state index in [4.69, 9.17) is 5.26 Å². The van der Waals surface area contributed by atoms with Gasteiger partial charge in [-0.3, -0.25) is 4.98 Å². The van der Waals surface area contributed by atoms with E-state index >= 15 is 0 Å². The van der Waals surface area contributed by atoms with Crippen molar-refractivity contribution in [3.63, 3.8) is 0 Å². The first-order valence-corrected chi connectivity index (χ1v) is 9.30. The van der Waals surface area contributed by atoms with Gasteiger partial charge in [0.05, 0.1) is 17.3 Å². The molecule has 0 aliphatic rings. The van der Waals surface area contributed by atoms with Gasteiger partial charge in [-0.2, -0.15) is 5.26 Å². The smallest absolute Gasteiger partial charge is 0.0991 e. The lowest BCUT2D eigenvalue weighted by Gasteiger charge is -2.11. The van der Waals surface area contributed by atoms with Crippen LogP contribution in [-0.2, 0) is 0 Å². The van der Waals surface area contributed by atoms with Gasteiger partial charge in [0.15, 0.2) is 0 Å². The number of hydrogen-bond donors (Lipinski definition) is 0. The number of hydrogen-bond acceptors (Lipinski definition) is 2. The zero-order valence-corrected chi connectivity index (χ0v) is 16.0. The van der Waals surface area contributed by atoms with Gasteiger partial charge in [-0.15, -0.1) is 0 Å². The number of benzene rings is 3. The molecule has 0 saturated carbocycles. The predicted octanol–water partition coefficient (Wildman–Crippen LogP) is 6.57. The summed E-state index contributed by atoms with van der Waals surface area (Å²) in [5.41, 5.74) is 9.66. The Bertz CT molecular complexity index is 1180. The molecule has 28 heavy (non-hydrogen) atoms. The van der Waals surface area contributed by atoms with Crippen LogP contribution < -0.4 is 0 Å². The maximum absolute atomic E-state index is 9.00. The number of nitrogens with zero attached hydrogens (tertiary/aromatic N) is 2. The summed E-state index contributed by atoms with van der Waals surface area (Å²) in [6.45, 7) is 4.15. The molecule has 2 heteroatoms. The van der Waals surface area contributed by atoms with Gasteiger partial charge in [-0.05, 0) is 78.1 Å². The van der Waals surface area contributed by atoms with Crippen LogP contribution in [0.4, 0.5) is 0 Å². The SMILES string of the molecule is Cc1cccc(-c2ccc(C)c(-c3cccc(-c4ccc(C#N)cc4)c3)c2)n1. The molecule has 0 bridgehead atoms. The summed E-state index contributed by atoms with van der Waals surface area (Å²) in [6.07, 6.45) is 0. The molecule has 1 heterocycles. The van der Waals surface area contributed by atoms with E-state index in [0.29, 0.717) is 5.56 Å². The maximum Gasteiger partial charge on any atom is 0.0991 e. The highest BCUT2D eigenvalue weighted by atomic mass is 14.7. The Morgan fingerprint density at radius 3 is 2.14 bits per heavy atom. The van der Waals surface area contributed by atoms with E-state index in [-0.39, 0.29) is 0 Å². The van der Waals surface area contributed by atoms with Gasteiger partial charge in [0.25, 0.3) is 0 Å². The molecule has 0 aliphatic carbocycles. The first-order valence-electron chi connectivity index (χ1n) is 9.30. The average molecular weight is 360 g/mol. The molecule has 4 rings (SSSR count). The molecule has 0 spiro atoms. The lowest BCUT2D eigenvalue weighted by Crippen LogP contribution is -1.90. The molecule has 0 aliphatic heterocycles. The quantitative estimate of drug-likeness (QED) is 0.414. The van der Waals surface area contributed by atoms with Crippen molar-refractivity contribution in [2.45, 2.75) is 13.8 Å². The fourth-order valence-electron chi connectivity index (χ4n) is 3.40. The van der Waals surface area contributed by atoms with Crippen molar-refractivity contribution in [2.24, 2.45) is 0 Å². The van der Waals surface area contributed by atoms with E-state index in [1.165, 1.54) is 16.7 Å². The first kappa shape index (κ1) is 17.7. The first-order chi connectivity index (χ1) is 13.6. The summed E-state index contributed by atoms with van der Waals surface area (Å²) in [5, 5.41) is 9.00. The Kier molecular flexibility index (Phi) is 4.74. The monoisotopic (exact) mass is 360 g/mol. The van der Waals surface area contributed by atoms with Crippen LogP contribution in [0.1, 0.15) is 16.8 Å². The summed E-state index contributed by atoms with van der Waals surface area (Å²) in [6, 6.07) is 31.0. The van der Waals surface area contributed by atoms with Crippen molar-refractivity contribution >= 4 is 0 Å². The van der Waals surface area contributed by atoms with E-state index < -0.39 is 0 Å². The van der Waals surface area contributed by atoms with E-state index in [2.05, 4.69) is 66.5 Å². The summed E-state index contributed by atoms with van der Waals surface area (Å²) < 4.78 is 0. The molecule has 0 amide bonds. The number of aryl methyl sites for hydroxylation is 2. The van der Waals surface area contributed by atoms with Crippen LogP contribution in [0.3, 0.4) is 0 Å². The van der Waals surface area contributed by atoms with E-state index in [1.807, 2.05) is 43.3 Å². The van der Waals surface area contributed by atoms with Crippen molar-refractivity contribution < 1.29 is 0 Å². The third-order valence-electron chi connectivity index (χ3n) is 4.94. The zero-order chi connectivity index (χ0) is 19.5. The van der Waals surface area contributed by atoms with Gasteiger partial charge >= 0.3 is 0 Å². The van der Waals surface area contributed by atoms with Crippen LogP contribution in [0, 0.1) is 25.2 Å². The number of nitriles is 1. The van der Waals surface area contributed by atoms with Gasteiger partial charge in [0.1, 0.15) is 0 Å². The Hall–Kier alpha value is -3.70. The Labute approximate surface area is 165 Å². The molecular weight excluding hydrogens is 340 g/mol. The van der Waals surface area contributed by atoms with Crippen LogP contribution in [0.5, 0.6) is 0 Å². The lowest BCUT2D eigenvalue weighted by atomic mass is 9.94. The molecule has 0 atom stereocenters. The van der Waals surface area contributed by atoms with E-state index in [9.17, 15) is 0 Å². The average Bonchev–Trinajstić information content (AvgIpc) is 2.74. The molecule has 134 valence electrons. The molecule has 3 aromatic carbocycles. The van der Waals surface area contributed by atoms with Gasteiger partial charge in [-0.1, -0.05) is 48.5 Å². The van der Waals surface area contributed by atoms with Crippen LogP contribution >= 0.6 is 0 Å². The summed E-state index contributed by atoms with van der Waals surface area (Å²) in [7, 11) is 0. The number of pyridine rings is 1. The van der Waals surface area contributed by atoms with Crippen molar-refractivity contribution in [1.82, 2.24) is 4.98 Å². The van der Waals surface area contributed by atoms with Gasteiger partial charge in [0, 0.05) is 11.3 Å². The standard InChI is InChI=1S/C26H20N2/c1-18-9-12-24(26-8-3-5-19(2)28-26)16-25(18)23-7-4-6-22(15-23)21-13-10-20(17-27)11-14-21/h3-16H,1-2H3. The van der Waals surface area contributed by atoms with E-state index in [1.54, 1.807) is 0 Å². The number of aromatic nitrogens is 1. The largest absolute Gasteiger partial charge is 0.253 e. The third kappa shape index (κ3) is 3.56. The van der Waals surface area contributed by atoms with Gasteiger partial charge in [-0.25, -0.2) is 0 Å². The lowest BCUT2D eigenvalue weighted by molar-refractivity contribution is 1.20. The second-order valence-corrected chi connectivity index (χ2v) is 6.96. The van der Waals surface area contributed by atoms with Crippen molar-refractivity contribution in [3.05, 3.63) is 102 Å². The van der Waals surface area contributed by atoms with Crippen molar-refractivity contribution in [2.75, 3.05) is 0 Å². The molecular formula is C26H20N2. The van der Waals surface area contributed by atoms with Crippen LogP contribution in [-0.4, -0.2) is 4.98 Å². The topological polar surface area (TPSA) is 36.7 Å². The maximum atomic E-state index is 9.00. The highest BCUT2D eigenvalue weighted by Gasteiger charge is 2.08. The predicted molar refractivity (Wildman–Crippen MR) is 115 cm³/mol. The molecule has 0 fully saturated rings. The second-order valence-electron chi connectivity index (χ2n) is 6.96. The minimum Gasteiger partial charge on any atom is -0.253 e. The van der Waals surface area contributed by atoms with Crippen LogP contribution in [0.2, 0.25) is 0 Å². The molecule has 0 N–H and O–H groups in total. The molecule has 0 radical (unpaired) electrons. The highest BCUT2D eigenvalue weighted by Crippen LogP contribution is 2.31. The minimum atomic E-state index is 0.675. The third-order valence-corrected chi connectivity index (χ3v) is 4.94. The zero-order valence-electron chi connectivity index (χ0n) is 16.0. The Balaban J connectivity index is 1.77. The normalized spacial score (nSPS) is 10.5. The fourth-order valence-corrected chi connectivity index (χ4v) is 3.40. The molecule has 0 unspecified atom stereocenters. The van der Waals surface area contributed by atoms with Crippen LogP contribution in [0.25, 0.3) is 33.5 Å². The highest BCUT2D eigenvalue weighted by molar-refractivity contribution is 5.78. The minimum absolute atomic E-state index is 0.675. The second kappa shape index (κ2) is 7.50. The van der Waals surface area contributed by atoms with Gasteiger partial charge < -0.3 is 0 Å². The van der Waals surface area contributed by atoms with E-state index in [0.717, 1.165) is 28.1 Å². The Morgan fingerprint density at radius 1 is 0.679 bits per heavy atom. The fraction of sp³-hybridized carbons (Fsp3) is 0.0769. The summed E-state index contributed by atoms with van der Waals surface area (Å²) >= 11 is 0. The van der Waals surface area contributed by atoms with Gasteiger partial charge in [0.2, 0.25) is 0 Å². The molecule has 2 nitrogen and oxygen atoms in total. The Morgan fingerprint density at radius 2 is 1.39 bits per heavy atom. The summed E-state index contributed by atoms with van der Waals surface area (Å²) in [4.78, 5) is 4.66. The van der Waals surface area contributed by atoms with Crippen LogP contribution in [0.15, 0.2) is 84.9 Å². The van der Waals surface area contributed by atoms with Crippen molar-refractivity contribution in [3.8, 4) is 39.6 Å².